The van der Waals surface area contributed by atoms with Crippen molar-refractivity contribution in [1.82, 2.24) is 10.2 Å². The summed E-state index contributed by atoms with van der Waals surface area (Å²) in [6, 6.07) is 14.9. The molecule has 8 heteroatoms. The Labute approximate surface area is 203 Å². The first-order valence-corrected chi connectivity index (χ1v) is 13.0. The highest BCUT2D eigenvalue weighted by atomic mass is 32.2. The third-order valence-corrected chi connectivity index (χ3v) is 7.45. The summed E-state index contributed by atoms with van der Waals surface area (Å²) >= 11 is 1.79. The maximum atomic E-state index is 13.0. The van der Waals surface area contributed by atoms with Gasteiger partial charge in [0.2, 0.25) is 5.91 Å². The van der Waals surface area contributed by atoms with Gasteiger partial charge in [0.05, 0.1) is 6.42 Å². The number of hydrogen-bond donors (Lipinski definition) is 2. The van der Waals surface area contributed by atoms with Gasteiger partial charge in [0, 0.05) is 19.0 Å². The van der Waals surface area contributed by atoms with Crippen LogP contribution >= 0.6 is 11.8 Å². The quantitative estimate of drug-likeness (QED) is 0.591. The van der Waals surface area contributed by atoms with Gasteiger partial charge >= 0.3 is 12.1 Å². The Hall–Kier alpha value is -3.00. The highest BCUT2D eigenvalue weighted by Gasteiger charge is 2.33. The molecular formula is C26H30N2O5S. The number of likely N-dealkylation sites (tertiary alicyclic amines) is 1. The second-order valence-electron chi connectivity index (χ2n) is 8.84. The third kappa shape index (κ3) is 5.38. The maximum Gasteiger partial charge on any atom is 0.407 e. The van der Waals surface area contributed by atoms with Gasteiger partial charge in [-0.1, -0.05) is 48.5 Å². The Kier molecular flexibility index (Phi) is 7.77. The molecule has 0 radical (unpaired) electrons. The van der Waals surface area contributed by atoms with Crippen LogP contribution < -0.4 is 5.32 Å². The number of rotatable bonds is 8. The average molecular weight is 483 g/mol. The number of aliphatic carboxylic acids is 1. The molecule has 2 aromatic carbocycles. The number of fused-ring (bicyclic) bond motifs is 3. The minimum absolute atomic E-state index is 0.105. The monoisotopic (exact) mass is 482 g/mol. The van der Waals surface area contributed by atoms with Crippen molar-refractivity contribution in [1.29, 1.82) is 0 Å². The predicted molar refractivity (Wildman–Crippen MR) is 132 cm³/mol. The number of amides is 2. The van der Waals surface area contributed by atoms with Gasteiger partial charge in [0.15, 0.2) is 0 Å². The van der Waals surface area contributed by atoms with E-state index < -0.39 is 24.5 Å². The van der Waals surface area contributed by atoms with Crippen LogP contribution in [-0.2, 0) is 14.3 Å². The topological polar surface area (TPSA) is 95.9 Å². The van der Waals surface area contributed by atoms with Crippen LogP contribution in [-0.4, -0.2) is 65.7 Å². The SMILES string of the molecule is CSCC1CCN(C(=O)C(CC(=O)O)NC(=O)OCC2c3ccccc3-c3ccccc32)CC1. The van der Waals surface area contributed by atoms with Crippen molar-refractivity contribution in [3.05, 3.63) is 59.7 Å². The lowest BCUT2D eigenvalue weighted by atomic mass is 9.98. The summed E-state index contributed by atoms with van der Waals surface area (Å²) in [7, 11) is 0. The number of carboxylic acids is 1. The van der Waals surface area contributed by atoms with Crippen molar-refractivity contribution in [2.45, 2.75) is 31.2 Å². The maximum absolute atomic E-state index is 13.0. The highest BCUT2D eigenvalue weighted by molar-refractivity contribution is 7.98. The predicted octanol–water partition coefficient (Wildman–Crippen LogP) is 3.97. The normalized spacial score (nSPS) is 16.4. The second-order valence-corrected chi connectivity index (χ2v) is 9.76. The van der Waals surface area contributed by atoms with Crippen LogP contribution in [0.4, 0.5) is 4.79 Å². The minimum atomic E-state index is -1.15. The van der Waals surface area contributed by atoms with E-state index in [1.165, 1.54) is 0 Å². The summed E-state index contributed by atoms with van der Waals surface area (Å²) in [4.78, 5) is 38.7. The molecule has 0 aromatic heterocycles. The molecular weight excluding hydrogens is 452 g/mol. The minimum Gasteiger partial charge on any atom is -0.481 e. The number of ether oxygens (including phenoxy) is 1. The van der Waals surface area contributed by atoms with Crippen molar-refractivity contribution in [3.63, 3.8) is 0 Å². The molecule has 7 nitrogen and oxygen atoms in total. The molecule has 1 aliphatic heterocycles. The number of thioether (sulfide) groups is 1. The standard InChI is InChI=1S/C26H30N2O5S/c1-34-16-17-10-12-28(13-11-17)25(31)23(14-24(29)30)27-26(32)33-15-22-20-8-4-2-6-18(20)19-7-3-5-9-21(19)22/h2-9,17,22-23H,10-16H2,1H3,(H,27,32)(H,29,30). The molecule has 0 spiro atoms. The zero-order valence-corrected chi connectivity index (χ0v) is 20.1. The number of alkyl carbamates (subject to hydrolysis) is 1. The second kappa shape index (κ2) is 11.0. The summed E-state index contributed by atoms with van der Waals surface area (Å²) in [5.41, 5.74) is 4.41. The third-order valence-electron chi connectivity index (χ3n) is 6.64. The Morgan fingerprint density at radius 3 is 2.21 bits per heavy atom. The first-order valence-electron chi connectivity index (χ1n) is 11.6. The van der Waals surface area contributed by atoms with Gasteiger partial charge in [-0.25, -0.2) is 4.79 Å². The summed E-state index contributed by atoms with van der Waals surface area (Å²) in [6.07, 6.45) is 2.58. The van der Waals surface area contributed by atoms with Gasteiger partial charge in [-0.05, 0) is 53.0 Å². The summed E-state index contributed by atoms with van der Waals surface area (Å²) in [5.74, 6) is 0.000799. The van der Waals surface area contributed by atoms with E-state index in [1.807, 2.05) is 36.4 Å². The molecule has 2 aromatic rings. The molecule has 2 amide bonds. The van der Waals surface area contributed by atoms with Crippen molar-refractivity contribution >= 4 is 29.7 Å². The molecule has 34 heavy (non-hydrogen) atoms. The van der Waals surface area contributed by atoms with Crippen LogP contribution in [0.2, 0.25) is 0 Å². The van der Waals surface area contributed by atoms with Gasteiger partial charge in [0.1, 0.15) is 12.6 Å². The van der Waals surface area contributed by atoms with Crippen molar-refractivity contribution in [3.8, 4) is 11.1 Å². The largest absolute Gasteiger partial charge is 0.481 e. The molecule has 1 atom stereocenters. The summed E-state index contributed by atoms with van der Waals surface area (Å²) < 4.78 is 5.52. The van der Waals surface area contributed by atoms with Crippen molar-refractivity contribution in [2.24, 2.45) is 5.92 Å². The van der Waals surface area contributed by atoms with Crippen molar-refractivity contribution < 1.29 is 24.2 Å². The van der Waals surface area contributed by atoms with E-state index in [2.05, 4.69) is 23.7 Å². The Morgan fingerprint density at radius 2 is 1.65 bits per heavy atom. The number of piperidine rings is 1. The Morgan fingerprint density at radius 1 is 1.06 bits per heavy atom. The molecule has 1 aliphatic carbocycles. The smallest absolute Gasteiger partial charge is 0.407 e. The van der Waals surface area contributed by atoms with E-state index in [4.69, 9.17) is 4.74 Å². The molecule has 2 N–H and O–H groups in total. The van der Waals surface area contributed by atoms with Gasteiger partial charge in [-0.3, -0.25) is 9.59 Å². The molecule has 2 aliphatic rings. The van der Waals surface area contributed by atoms with E-state index in [-0.39, 0.29) is 18.4 Å². The Bertz CT molecular complexity index is 1010. The molecule has 1 fully saturated rings. The number of carboxylic acid groups (broad SMARTS) is 1. The lowest BCUT2D eigenvalue weighted by molar-refractivity contribution is -0.143. The van der Waals surface area contributed by atoms with Gasteiger partial charge in [-0.2, -0.15) is 11.8 Å². The van der Waals surface area contributed by atoms with Crippen LogP contribution in [0.5, 0.6) is 0 Å². The van der Waals surface area contributed by atoms with Crippen LogP contribution in [0.3, 0.4) is 0 Å². The molecule has 1 heterocycles. The molecule has 0 saturated carbocycles. The number of carbonyl (C=O) groups is 3. The van der Waals surface area contributed by atoms with E-state index >= 15 is 0 Å². The zero-order chi connectivity index (χ0) is 24.1. The number of benzene rings is 2. The van der Waals surface area contributed by atoms with Gasteiger partial charge in [0.25, 0.3) is 0 Å². The zero-order valence-electron chi connectivity index (χ0n) is 19.2. The fourth-order valence-corrected chi connectivity index (χ4v) is 5.74. The lowest BCUT2D eigenvalue weighted by Gasteiger charge is -2.34. The lowest BCUT2D eigenvalue weighted by Crippen LogP contribution is -2.51. The van der Waals surface area contributed by atoms with Gasteiger partial charge < -0.3 is 20.1 Å². The van der Waals surface area contributed by atoms with Crippen LogP contribution in [0.25, 0.3) is 11.1 Å². The number of nitrogens with one attached hydrogen (secondary N) is 1. The van der Waals surface area contributed by atoms with E-state index in [1.54, 1.807) is 16.7 Å². The number of carbonyl (C=O) groups excluding carboxylic acids is 2. The van der Waals surface area contributed by atoms with Crippen LogP contribution in [0.1, 0.15) is 36.3 Å². The molecule has 1 unspecified atom stereocenters. The molecule has 1 saturated heterocycles. The number of hydrogen-bond acceptors (Lipinski definition) is 5. The Balaban J connectivity index is 1.38. The molecule has 180 valence electrons. The molecule has 0 bridgehead atoms. The van der Waals surface area contributed by atoms with Crippen LogP contribution in [0, 0.1) is 5.92 Å². The average Bonchev–Trinajstić information content (AvgIpc) is 3.16. The van der Waals surface area contributed by atoms with E-state index in [0.717, 1.165) is 40.8 Å². The molecule has 4 rings (SSSR count). The summed E-state index contributed by atoms with van der Waals surface area (Å²) in [6.45, 7) is 1.26. The van der Waals surface area contributed by atoms with E-state index in [9.17, 15) is 19.5 Å². The number of nitrogens with zero attached hydrogens (tertiary/aromatic N) is 1. The van der Waals surface area contributed by atoms with Crippen molar-refractivity contribution in [2.75, 3.05) is 31.7 Å². The van der Waals surface area contributed by atoms with Gasteiger partial charge in [-0.15, -0.1) is 0 Å². The van der Waals surface area contributed by atoms with Crippen LogP contribution in [0.15, 0.2) is 48.5 Å². The highest BCUT2D eigenvalue weighted by Crippen LogP contribution is 2.44. The first-order chi connectivity index (χ1) is 16.5. The van der Waals surface area contributed by atoms with E-state index in [0.29, 0.717) is 19.0 Å². The summed E-state index contributed by atoms with van der Waals surface area (Å²) in [5, 5.41) is 11.8. The fraction of sp³-hybridized carbons (Fsp3) is 0.423. The first kappa shape index (κ1) is 24.1. The fourth-order valence-electron chi connectivity index (χ4n) is 4.93.